The summed E-state index contributed by atoms with van der Waals surface area (Å²) >= 11 is 3.23. The van der Waals surface area contributed by atoms with E-state index in [0.29, 0.717) is 11.2 Å². The van der Waals surface area contributed by atoms with E-state index in [-0.39, 0.29) is 11.9 Å². The molecular formula is C15H19N3OS2. The number of aryl methyl sites for hydroxylation is 1. The molecular weight excluding hydrogens is 302 g/mol. The third-order valence-corrected chi connectivity index (χ3v) is 5.55. The van der Waals surface area contributed by atoms with E-state index in [4.69, 9.17) is 0 Å². The van der Waals surface area contributed by atoms with Crippen LogP contribution in [0.3, 0.4) is 0 Å². The fraction of sp³-hybridized carbons (Fsp3) is 0.467. The van der Waals surface area contributed by atoms with Gasteiger partial charge in [0.05, 0.1) is 6.04 Å². The molecule has 1 saturated carbocycles. The highest BCUT2D eigenvalue weighted by atomic mass is 32.1. The SMILES string of the molecule is Cc1ccsc1CN(C1CC1)[C@H](C)C(=O)Nc1nccs1. The Kier molecular flexibility index (Phi) is 4.37. The lowest BCUT2D eigenvalue weighted by Crippen LogP contribution is -2.42. The molecule has 0 spiro atoms. The summed E-state index contributed by atoms with van der Waals surface area (Å²) in [5, 5.41) is 7.58. The zero-order valence-corrected chi connectivity index (χ0v) is 13.8. The average molecular weight is 321 g/mol. The van der Waals surface area contributed by atoms with Crippen LogP contribution >= 0.6 is 22.7 Å². The fourth-order valence-electron chi connectivity index (χ4n) is 2.37. The van der Waals surface area contributed by atoms with Gasteiger partial charge in [0, 0.05) is 29.0 Å². The maximum atomic E-state index is 12.4. The number of nitrogens with one attached hydrogen (secondary N) is 1. The molecule has 6 heteroatoms. The van der Waals surface area contributed by atoms with Crippen LogP contribution in [0.2, 0.25) is 0 Å². The monoisotopic (exact) mass is 321 g/mol. The molecule has 2 aromatic rings. The number of thiophene rings is 1. The van der Waals surface area contributed by atoms with E-state index >= 15 is 0 Å². The topological polar surface area (TPSA) is 45.2 Å². The third-order valence-electron chi connectivity index (χ3n) is 3.85. The molecule has 1 amide bonds. The molecule has 0 aromatic carbocycles. The number of hydrogen-bond acceptors (Lipinski definition) is 5. The van der Waals surface area contributed by atoms with Crippen LogP contribution in [-0.2, 0) is 11.3 Å². The quantitative estimate of drug-likeness (QED) is 0.885. The molecule has 1 aliphatic carbocycles. The molecule has 2 aromatic heterocycles. The van der Waals surface area contributed by atoms with Crippen LogP contribution in [0.25, 0.3) is 0 Å². The Labute approximate surface area is 132 Å². The second-order valence-electron chi connectivity index (χ2n) is 5.43. The van der Waals surface area contributed by atoms with E-state index in [1.54, 1.807) is 17.5 Å². The molecule has 1 fully saturated rings. The summed E-state index contributed by atoms with van der Waals surface area (Å²) in [7, 11) is 0. The standard InChI is InChI=1S/C15H19N3OS2/c1-10-5-7-20-13(10)9-18(12-3-4-12)11(2)14(19)17-15-16-6-8-21-15/h5-8,11-12H,3-4,9H2,1-2H3,(H,16,17,19)/t11-/m1/s1. The largest absolute Gasteiger partial charge is 0.301 e. The lowest BCUT2D eigenvalue weighted by Gasteiger charge is -2.27. The molecule has 21 heavy (non-hydrogen) atoms. The molecule has 1 N–H and O–H groups in total. The van der Waals surface area contributed by atoms with E-state index < -0.39 is 0 Å². The van der Waals surface area contributed by atoms with Gasteiger partial charge in [0.25, 0.3) is 0 Å². The maximum Gasteiger partial charge on any atom is 0.243 e. The summed E-state index contributed by atoms with van der Waals surface area (Å²) in [6, 6.07) is 2.55. The number of carbonyl (C=O) groups excluding carboxylic acids is 1. The second-order valence-corrected chi connectivity index (χ2v) is 7.33. The third kappa shape index (κ3) is 3.51. The Bertz CT molecular complexity index is 604. The van der Waals surface area contributed by atoms with Crippen molar-refractivity contribution in [3.63, 3.8) is 0 Å². The number of thiazole rings is 1. The van der Waals surface area contributed by atoms with Gasteiger partial charge in [-0.25, -0.2) is 4.98 Å². The highest BCUT2D eigenvalue weighted by Gasteiger charge is 2.35. The summed E-state index contributed by atoms with van der Waals surface area (Å²) in [4.78, 5) is 20.2. The predicted molar refractivity (Wildman–Crippen MR) is 87.8 cm³/mol. The Morgan fingerprint density at radius 1 is 1.48 bits per heavy atom. The molecule has 0 unspecified atom stereocenters. The van der Waals surface area contributed by atoms with Crippen molar-refractivity contribution < 1.29 is 4.79 Å². The van der Waals surface area contributed by atoms with Gasteiger partial charge in [0.15, 0.2) is 5.13 Å². The fourth-order valence-corrected chi connectivity index (χ4v) is 3.81. The summed E-state index contributed by atoms with van der Waals surface area (Å²) in [6.45, 7) is 4.99. The number of anilines is 1. The molecule has 3 rings (SSSR count). The molecule has 0 bridgehead atoms. The minimum atomic E-state index is -0.136. The highest BCUT2D eigenvalue weighted by molar-refractivity contribution is 7.13. The number of amides is 1. The smallest absolute Gasteiger partial charge is 0.243 e. The highest BCUT2D eigenvalue weighted by Crippen LogP contribution is 2.32. The minimum Gasteiger partial charge on any atom is -0.301 e. The van der Waals surface area contributed by atoms with Gasteiger partial charge in [0.1, 0.15) is 0 Å². The number of nitrogens with zero attached hydrogens (tertiary/aromatic N) is 2. The molecule has 112 valence electrons. The molecule has 1 aliphatic rings. The zero-order valence-electron chi connectivity index (χ0n) is 12.2. The normalized spacial score (nSPS) is 16.1. The number of rotatable bonds is 6. The van der Waals surface area contributed by atoms with Crippen molar-refractivity contribution in [2.75, 3.05) is 5.32 Å². The lowest BCUT2D eigenvalue weighted by atomic mass is 10.2. The Morgan fingerprint density at radius 2 is 2.29 bits per heavy atom. The molecule has 0 radical (unpaired) electrons. The van der Waals surface area contributed by atoms with Gasteiger partial charge in [-0.2, -0.15) is 0 Å². The summed E-state index contributed by atoms with van der Waals surface area (Å²) in [5.74, 6) is 0.0334. The van der Waals surface area contributed by atoms with Gasteiger partial charge < -0.3 is 5.32 Å². The van der Waals surface area contributed by atoms with Crippen molar-refractivity contribution in [1.29, 1.82) is 0 Å². The van der Waals surface area contributed by atoms with Crippen molar-refractivity contribution in [2.45, 2.75) is 45.3 Å². The molecule has 0 aliphatic heterocycles. The van der Waals surface area contributed by atoms with Crippen LogP contribution in [0.15, 0.2) is 23.0 Å². The van der Waals surface area contributed by atoms with Crippen LogP contribution < -0.4 is 5.32 Å². The first-order chi connectivity index (χ1) is 10.1. The van der Waals surface area contributed by atoms with Gasteiger partial charge in [0.2, 0.25) is 5.91 Å². The first-order valence-corrected chi connectivity index (χ1v) is 8.90. The minimum absolute atomic E-state index is 0.0334. The van der Waals surface area contributed by atoms with E-state index in [9.17, 15) is 4.79 Å². The number of aromatic nitrogens is 1. The van der Waals surface area contributed by atoms with Gasteiger partial charge in [-0.15, -0.1) is 22.7 Å². The van der Waals surface area contributed by atoms with Crippen molar-refractivity contribution in [3.8, 4) is 0 Å². The first kappa shape index (κ1) is 14.7. The van der Waals surface area contributed by atoms with Gasteiger partial charge >= 0.3 is 0 Å². The lowest BCUT2D eigenvalue weighted by molar-refractivity contribution is -0.121. The van der Waals surface area contributed by atoms with Gasteiger partial charge in [-0.1, -0.05) is 0 Å². The summed E-state index contributed by atoms with van der Waals surface area (Å²) < 4.78 is 0. The van der Waals surface area contributed by atoms with Crippen molar-refractivity contribution in [3.05, 3.63) is 33.5 Å². The average Bonchev–Trinajstić information content (AvgIpc) is 3.03. The molecule has 1 atom stereocenters. The predicted octanol–water partition coefficient (Wildman–Crippen LogP) is 3.50. The van der Waals surface area contributed by atoms with Crippen molar-refractivity contribution >= 4 is 33.7 Å². The van der Waals surface area contributed by atoms with Crippen LogP contribution in [0.5, 0.6) is 0 Å². The summed E-state index contributed by atoms with van der Waals surface area (Å²) in [5.41, 5.74) is 1.32. The zero-order chi connectivity index (χ0) is 14.8. The number of carbonyl (C=O) groups is 1. The molecule has 2 heterocycles. The molecule has 0 saturated heterocycles. The van der Waals surface area contributed by atoms with E-state index in [2.05, 4.69) is 33.6 Å². The van der Waals surface area contributed by atoms with Gasteiger partial charge in [-0.3, -0.25) is 9.69 Å². The van der Waals surface area contributed by atoms with Crippen molar-refractivity contribution in [2.24, 2.45) is 0 Å². The van der Waals surface area contributed by atoms with Crippen LogP contribution in [0.1, 0.15) is 30.2 Å². The number of hydrogen-bond donors (Lipinski definition) is 1. The van der Waals surface area contributed by atoms with E-state index in [0.717, 1.165) is 6.54 Å². The maximum absolute atomic E-state index is 12.4. The Hall–Kier alpha value is -1.24. The first-order valence-electron chi connectivity index (χ1n) is 7.14. The van der Waals surface area contributed by atoms with Gasteiger partial charge in [-0.05, 0) is 43.7 Å². The second kappa shape index (κ2) is 6.25. The van der Waals surface area contributed by atoms with Crippen LogP contribution in [-0.4, -0.2) is 27.9 Å². The van der Waals surface area contributed by atoms with E-state index in [1.165, 1.54) is 34.6 Å². The van der Waals surface area contributed by atoms with E-state index in [1.807, 2.05) is 12.3 Å². The van der Waals surface area contributed by atoms with Crippen LogP contribution in [0, 0.1) is 6.92 Å². The summed E-state index contributed by atoms with van der Waals surface area (Å²) in [6.07, 6.45) is 4.09. The van der Waals surface area contributed by atoms with Crippen molar-refractivity contribution in [1.82, 2.24) is 9.88 Å². The Balaban J connectivity index is 1.68. The van der Waals surface area contributed by atoms with Crippen LogP contribution in [0.4, 0.5) is 5.13 Å². The molecule has 4 nitrogen and oxygen atoms in total. The Morgan fingerprint density at radius 3 is 2.86 bits per heavy atom.